The maximum atomic E-state index is 13.8. The van der Waals surface area contributed by atoms with Crippen LogP contribution in [-0.2, 0) is 6.54 Å². The summed E-state index contributed by atoms with van der Waals surface area (Å²) in [7, 11) is 3.23. The molecule has 1 fully saturated rings. The van der Waals surface area contributed by atoms with Crippen LogP contribution >= 0.6 is 24.0 Å². The smallest absolute Gasteiger partial charge is 0.194 e. The molecule has 27 heavy (non-hydrogen) atoms. The summed E-state index contributed by atoms with van der Waals surface area (Å²) in [4.78, 5) is 13.2. The molecule has 0 unspecified atom stereocenters. The zero-order valence-electron chi connectivity index (χ0n) is 15.6. The largest absolute Gasteiger partial charge is 0.494 e. The highest BCUT2D eigenvalue weighted by Gasteiger charge is 2.20. The highest BCUT2D eigenvalue weighted by molar-refractivity contribution is 14.0. The van der Waals surface area contributed by atoms with Crippen LogP contribution in [0.1, 0.15) is 5.56 Å². The van der Waals surface area contributed by atoms with E-state index in [4.69, 9.17) is 4.74 Å². The minimum Gasteiger partial charge on any atom is -0.494 e. The highest BCUT2D eigenvalue weighted by Crippen LogP contribution is 2.17. The third-order valence-electron chi connectivity index (χ3n) is 4.43. The Labute approximate surface area is 176 Å². The number of anilines is 1. The molecule has 0 atom stereocenters. The fourth-order valence-corrected chi connectivity index (χ4v) is 3.02. The van der Waals surface area contributed by atoms with E-state index >= 15 is 0 Å². The first-order chi connectivity index (χ1) is 12.7. The van der Waals surface area contributed by atoms with E-state index in [1.54, 1.807) is 13.1 Å². The fourth-order valence-electron chi connectivity index (χ4n) is 3.02. The van der Waals surface area contributed by atoms with Crippen molar-refractivity contribution in [3.8, 4) is 5.75 Å². The van der Waals surface area contributed by atoms with E-state index in [-0.39, 0.29) is 35.5 Å². The molecule has 6 nitrogen and oxygen atoms in total. The number of nitrogens with one attached hydrogen (secondary N) is 1. The summed E-state index contributed by atoms with van der Waals surface area (Å²) in [6, 6.07) is 10.9. The van der Waals surface area contributed by atoms with Gasteiger partial charge in [-0.3, -0.25) is 4.99 Å². The second-order valence-electron chi connectivity index (χ2n) is 6.03. The second kappa shape index (κ2) is 10.3. The van der Waals surface area contributed by atoms with Gasteiger partial charge in [-0.25, -0.2) is 9.37 Å². The maximum Gasteiger partial charge on any atom is 0.194 e. The van der Waals surface area contributed by atoms with Gasteiger partial charge in [0.2, 0.25) is 0 Å². The molecule has 146 valence electrons. The Morgan fingerprint density at radius 2 is 2.00 bits per heavy atom. The average Bonchev–Trinajstić information content (AvgIpc) is 2.70. The predicted molar refractivity (Wildman–Crippen MR) is 117 cm³/mol. The molecule has 8 heteroatoms. The second-order valence-corrected chi connectivity index (χ2v) is 6.03. The van der Waals surface area contributed by atoms with Gasteiger partial charge >= 0.3 is 0 Å². The van der Waals surface area contributed by atoms with Gasteiger partial charge in [-0.05, 0) is 29.8 Å². The van der Waals surface area contributed by atoms with Gasteiger partial charge in [0.05, 0.1) is 7.11 Å². The lowest BCUT2D eigenvalue weighted by Crippen LogP contribution is -2.52. The summed E-state index contributed by atoms with van der Waals surface area (Å²) >= 11 is 0. The van der Waals surface area contributed by atoms with E-state index in [0.717, 1.165) is 43.5 Å². The first-order valence-electron chi connectivity index (χ1n) is 8.65. The van der Waals surface area contributed by atoms with Crippen LogP contribution in [0.25, 0.3) is 0 Å². The SMILES string of the molecule is CN=C(NCc1ccc(OC)c(F)c1)N1CCN(c2ccccn2)CC1.I. The third kappa shape index (κ3) is 5.44. The van der Waals surface area contributed by atoms with E-state index in [2.05, 4.69) is 25.1 Å². The van der Waals surface area contributed by atoms with Crippen LogP contribution in [0.15, 0.2) is 47.6 Å². The average molecular weight is 485 g/mol. The van der Waals surface area contributed by atoms with Crippen molar-refractivity contribution >= 4 is 35.8 Å². The fraction of sp³-hybridized carbons (Fsp3) is 0.368. The predicted octanol–water partition coefficient (Wildman–Crippen LogP) is 2.74. The van der Waals surface area contributed by atoms with E-state index in [1.807, 2.05) is 30.5 Å². The maximum absolute atomic E-state index is 13.8. The number of aliphatic imine (C=N–C) groups is 1. The van der Waals surface area contributed by atoms with Crippen LogP contribution in [0.3, 0.4) is 0 Å². The van der Waals surface area contributed by atoms with Gasteiger partial charge in [-0.1, -0.05) is 12.1 Å². The van der Waals surface area contributed by atoms with Crippen molar-refractivity contribution in [3.05, 3.63) is 54.0 Å². The van der Waals surface area contributed by atoms with Crippen molar-refractivity contribution in [2.45, 2.75) is 6.54 Å². The summed E-state index contributed by atoms with van der Waals surface area (Å²) in [5.41, 5.74) is 0.844. The summed E-state index contributed by atoms with van der Waals surface area (Å²) in [6.45, 7) is 3.98. The van der Waals surface area contributed by atoms with Crippen molar-refractivity contribution < 1.29 is 9.13 Å². The highest BCUT2D eigenvalue weighted by atomic mass is 127. The minimum absolute atomic E-state index is 0. The first-order valence-corrected chi connectivity index (χ1v) is 8.65. The zero-order valence-corrected chi connectivity index (χ0v) is 17.9. The molecular weight excluding hydrogens is 460 g/mol. The number of hydrogen-bond donors (Lipinski definition) is 1. The summed E-state index contributed by atoms with van der Waals surface area (Å²) < 4.78 is 18.8. The Bertz CT molecular complexity index is 751. The molecular formula is C19H25FIN5O. The number of nitrogens with zero attached hydrogens (tertiary/aromatic N) is 4. The van der Waals surface area contributed by atoms with Gasteiger partial charge in [0.25, 0.3) is 0 Å². The third-order valence-corrected chi connectivity index (χ3v) is 4.43. The number of aromatic nitrogens is 1. The Kier molecular flexibility index (Phi) is 8.08. The monoisotopic (exact) mass is 485 g/mol. The van der Waals surface area contributed by atoms with Crippen LogP contribution in [-0.4, -0.2) is 56.2 Å². The molecule has 2 aromatic rings. The minimum atomic E-state index is -0.356. The van der Waals surface area contributed by atoms with Crippen LogP contribution in [0.5, 0.6) is 5.75 Å². The number of benzene rings is 1. The molecule has 1 aliphatic rings. The Morgan fingerprint density at radius 1 is 1.22 bits per heavy atom. The standard InChI is InChI=1S/C19H24FN5O.HI/c1-21-19(23-14-15-6-7-17(26-2)16(20)13-15)25-11-9-24(10-12-25)18-5-3-4-8-22-18;/h3-8,13H,9-12,14H2,1-2H3,(H,21,23);1H. The number of methoxy groups -OCH3 is 1. The summed E-state index contributed by atoms with van der Waals surface area (Å²) in [5, 5.41) is 3.31. The van der Waals surface area contributed by atoms with Gasteiger partial charge in [-0.15, -0.1) is 24.0 Å². The molecule has 1 aliphatic heterocycles. The number of pyridine rings is 1. The first kappa shape index (κ1) is 21.2. The lowest BCUT2D eigenvalue weighted by molar-refractivity contribution is 0.371. The lowest BCUT2D eigenvalue weighted by atomic mass is 10.2. The molecule has 3 rings (SSSR count). The normalized spacial score (nSPS) is 14.6. The molecule has 1 saturated heterocycles. The van der Waals surface area contributed by atoms with E-state index < -0.39 is 0 Å². The molecule has 2 heterocycles. The Morgan fingerprint density at radius 3 is 2.59 bits per heavy atom. The number of ether oxygens (including phenoxy) is 1. The van der Waals surface area contributed by atoms with Crippen molar-refractivity contribution in [1.29, 1.82) is 0 Å². The quantitative estimate of drug-likeness (QED) is 0.410. The Balaban J connectivity index is 0.00000261. The summed E-state index contributed by atoms with van der Waals surface area (Å²) in [5.74, 6) is 1.72. The number of halogens is 2. The molecule has 0 spiro atoms. The van der Waals surface area contributed by atoms with Crippen molar-refractivity contribution in [1.82, 2.24) is 15.2 Å². The van der Waals surface area contributed by atoms with Gasteiger partial charge in [-0.2, -0.15) is 0 Å². The van der Waals surface area contributed by atoms with Crippen molar-refractivity contribution in [2.75, 3.05) is 45.2 Å². The topological polar surface area (TPSA) is 53.0 Å². The molecule has 0 saturated carbocycles. The number of rotatable bonds is 4. The molecule has 1 aromatic carbocycles. The van der Waals surface area contributed by atoms with Crippen LogP contribution < -0.4 is 15.0 Å². The van der Waals surface area contributed by atoms with E-state index in [0.29, 0.717) is 6.54 Å². The van der Waals surface area contributed by atoms with E-state index in [9.17, 15) is 4.39 Å². The van der Waals surface area contributed by atoms with E-state index in [1.165, 1.54) is 13.2 Å². The van der Waals surface area contributed by atoms with Crippen LogP contribution in [0.2, 0.25) is 0 Å². The van der Waals surface area contributed by atoms with Crippen LogP contribution in [0.4, 0.5) is 10.2 Å². The molecule has 0 aliphatic carbocycles. The number of guanidine groups is 1. The molecule has 0 bridgehead atoms. The summed E-state index contributed by atoms with van der Waals surface area (Å²) in [6.07, 6.45) is 1.82. The van der Waals surface area contributed by atoms with Crippen LogP contribution in [0, 0.1) is 5.82 Å². The molecule has 1 aromatic heterocycles. The molecule has 0 amide bonds. The molecule has 1 N–H and O–H groups in total. The lowest BCUT2D eigenvalue weighted by Gasteiger charge is -2.37. The van der Waals surface area contributed by atoms with Gasteiger partial charge in [0.1, 0.15) is 5.82 Å². The van der Waals surface area contributed by atoms with Gasteiger partial charge in [0, 0.05) is 46.0 Å². The molecule has 0 radical (unpaired) electrons. The number of hydrogen-bond acceptors (Lipinski definition) is 4. The number of piperazine rings is 1. The Hall–Kier alpha value is -2.10. The van der Waals surface area contributed by atoms with Gasteiger partial charge < -0.3 is 19.9 Å². The van der Waals surface area contributed by atoms with Crippen molar-refractivity contribution in [3.63, 3.8) is 0 Å². The zero-order chi connectivity index (χ0) is 18.4. The van der Waals surface area contributed by atoms with Gasteiger partial charge in [0.15, 0.2) is 17.5 Å². The van der Waals surface area contributed by atoms with Crippen molar-refractivity contribution in [2.24, 2.45) is 4.99 Å².